The second-order valence-corrected chi connectivity index (χ2v) is 4.99. The number of ether oxygens (including phenoxy) is 1. The van der Waals surface area contributed by atoms with Crippen LogP contribution in [-0.2, 0) is 17.5 Å². The summed E-state index contributed by atoms with van der Waals surface area (Å²) in [5.41, 5.74) is 2.23. The van der Waals surface area contributed by atoms with Gasteiger partial charge in [-0.3, -0.25) is 0 Å². The quantitative estimate of drug-likeness (QED) is 0.886. The number of rotatable bonds is 2. The largest absolute Gasteiger partial charge is 0.416 e. The number of fused-ring (bicyclic) bond motifs is 1. The molecule has 1 unspecified atom stereocenters. The van der Waals surface area contributed by atoms with Crippen LogP contribution in [0.1, 0.15) is 22.7 Å². The van der Waals surface area contributed by atoms with E-state index >= 15 is 0 Å². The topological polar surface area (TPSA) is 21.3 Å². The summed E-state index contributed by atoms with van der Waals surface area (Å²) >= 11 is 0. The minimum atomic E-state index is -4.31. The van der Waals surface area contributed by atoms with E-state index in [1.807, 2.05) is 24.3 Å². The highest BCUT2D eigenvalue weighted by Crippen LogP contribution is 2.31. The van der Waals surface area contributed by atoms with Crippen molar-refractivity contribution in [2.24, 2.45) is 0 Å². The standard InChI is InChI=1S/C16H14F3NO/c17-16(18,19)12-5-7-13(8-6-12)20-15-10-21-9-11-3-1-2-4-14(11)15/h1-8,15,20H,9-10H2. The molecule has 1 atom stereocenters. The van der Waals surface area contributed by atoms with Crippen molar-refractivity contribution in [3.05, 3.63) is 65.2 Å². The van der Waals surface area contributed by atoms with Gasteiger partial charge in [0.05, 0.1) is 24.8 Å². The number of anilines is 1. The molecule has 0 bridgehead atoms. The Morgan fingerprint density at radius 3 is 2.43 bits per heavy atom. The Balaban J connectivity index is 1.79. The van der Waals surface area contributed by atoms with Crippen LogP contribution in [0.25, 0.3) is 0 Å². The molecular formula is C16H14F3NO. The maximum Gasteiger partial charge on any atom is 0.416 e. The second kappa shape index (κ2) is 5.41. The molecule has 0 radical (unpaired) electrons. The van der Waals surface area contributed by atoms with Crippen LogP contribution in [0.3, 0.4) is 0 Å². The lowest BCUT2D eigenvalue weighted by Crippen LogP contribution is -2.23. The molecule has 0 fully saturated rings. The summed E-state index contributed by atoms with van der Waals surface area (Å²) in [6.07, 6.45) is -4.31. The van der Waals surface area contributed by atoms with Crippen molar-refractivity contribution in [1.82, 2.24) is 0 Å². The monoisotopic (exact) mass is 293 g/mol. The predicted octanol–water partition coefficient (Wildman–Crippen LogP) is 4.39. The third-order valence-electron chi connectivity index (χ3n) is 3.53. The minimum Gasteiger partial charge on any atom is -0.376 e. The van der Waals surface area contributed by atoms with Crippen molar-refractivity contribution in [2.75, 3.05) is 11.9 Å². The Morgan fingerprint density at radius 1 is 1.00 bits per heavy atom. The van der Waals surface area contributed by atoms with E-state index in [9.17, 15) is 13.2 Å². The number of hydrogen-bond donors (Lipinski definition) is 1. The molecule has 2 nitrogen and oxygen atoms in total. The first-order chi connectivity index (χ1) is 10.0. The summed E-state index contributed by atoms with van der Waals surface area (Å²) < 4.78 is 43.1. The van der Waals surface area contributed by atoms with E-state index in [1.165, 1.54) is 12.1 Å². The molecule has 0 saturated carbocycles. The van der Waals surface area contributed by atoms with Gasteiger partial charge in [-0.25, -0.2) is 0 Å². The Labute approximate surface area is 120 Å². The van der Waals surface area contributed by atoms with Gasteiger partial charge in [-0.15, -0.1) is 0 Å². The van der Waals surface area contributed by atoms with Crippen molar-refractivity contribution in [3.8, 4) is 0 Å². The lowest BCUT2D eigenvalue weighted by Gasteiger charge is -2.27. The van der Waals surface area contributed by atoms with E-state index in [-0.39, 0.29) is 6.04 Å². The summed E-state index contributed by atoms with van der Waals surface area (Å²) in [5.74, 6) is 0. The molecule has 1 N–H and O–H groups in total. The molecule has 1 heterocycles. The van der Waals surface area contributed by atoms with Crippen molar-refractivity contribution in [1.29, 1.82) is 0 Å². The molecule has 1 aliphatic heterocycles. The highest BCUT2D eigenvalue weighted by atomic mass is 19.4. The zero-order valence-electron chi connectivity index (χ0n) is 11.2. The zero-order valence-corrected chi connectivity index (χ0v) is 11.2. The first-order valence-electron chi connectivity index (χ1n) is 6.63. The van der Waals surface area contributed by atoms with Crippen molar-refractivity contribution in [2.45, 2.75) is 18.8 Å². The first-order valence-corrected chi connectivity index (χ1v) is 6.63. The van der Waals surface area contributed by atoms with Gasteiger partial charge < -0.3 is 10.1 Å². The van der Waals surface area contributed by atoms with Crippen LogP contribution >= 0.6 is 0 Å². The first kappa shape index (κ1) is 13.9. The van der Waals surface area contributed by atoms with Gasteiger partial charge in [0.2, 0.25) is 0 Å². The van der Waals surface area contributed by atoms with Gasteiger partial charge in [0.25, 0.3) is 0 Å². The molecule has 1 aliphatic rings. The second-order valence-electron chi connectivity index (χ2n) is 4.99. The highest BCUT2D eigenvalue weighted by molar-refractivity contribution is 5.48. The van der Waals surface area contributed by atoms with E-state index in [4.69, 9.17) is 4.74 Å². The fourth-order valence-corrected chi connectivity index (χ4v) is 2.46. The van der Waals surface area contributed by atoms with E-state index < -0.39 is 11.7 Å². The number of halogens is 3. The Morgan fingerprint density at radius 2 is 1.71 bits per heavy atom. The van der Waals surface area contributed by atoms with Gasteiger partial charge in [-0.1, -0.05) is 24.3 Å². The summed E-state index contributed by atoms with van der Waals surface area (Å²) in [7, 11) is 0. The third-order valence-corrected chi connectivity index (χ3v) is 3.53. The van der Waals surface area contributed by atoms with Crippen LogP contribution in [0.5, 0.6) is 0 Å². The number of nitrogens with one attached hydrogen (secondary N) is 1. The Bertz CT molecular complexity index is 622. The average molecular weight is 293 g/mol. The SMILES string of the molecule is FC(F)(F)c1ccc(NC2COCc3ccccc32)cc1. The van der Waals surface area contributed by atoms with E-state index in [0.717, 1.165) is 23.3 Å². The van der Waals surface area contributed by atoms with E-state index in [1.54, 1.807) is 0 Å². The summed E-state index contributed by atoms with van der Waals surface area (Å²) in [6, 6.07) is 12.9. The van der Waals surface area contributed by atoms with Crippen LogP contribution in [0.2, 0.25) is 0 Å². The molecule has 5 heteroatoms. The molecule has 2 aromatic rings. The highest BCUT2D eigenvalue weighted by Gasteiger charge is 2.30. The van der Waals surface area contributed by atoms with E-state index in [2.05, 4.69) is 5.32 Å². The average Bonchev–Trinajstić information content (AvgIpc) is 2.47. The smallest absolute Gasteiger partial charge is 0.376 e. The van der Waals surface area contributed by atoms with Crippen molar-refractivity contribution >= 4 is 5.69 Å². The number of hydrogen-bond acceptors (Lipinski definition) is 2. The number of alkyl halides is 3. The minimum absolute atomic E-state index is 0.0494. The fraction of sp³-hybridized carbons (Fsp3) is 0.250. The molecule has 2 aromatic carbocycles. The Kier molecular flexibility index (Phi) is 3.59. The summed E-state index contributed by atoms with van der Waals surface area (Å²) in [5, 5.41) is 3.22. The lowest BCUT2D eigenvalue weighted by atomic mass is 9.99. The van der Waals surface area contributed by atoms with E-state index in [0.29, 0.717) is 18.9 Å². The van der Waals surface area contributed by atoms with Gasteiger partial charge in [-0.2, -0.15) is 13.2 Å². The third kappa shape index (κ3) is 3.03. The van der Waals surface area contributed by atoms with Gasteiger partial charge in [-0.05, 0) is 35.4 Å². The van der Waals surface area contributed by atoms with Gasteiger partial charge in [0, 0.05) is 5.69 Å². The van der Waals surface area contributed by atoms with Crippen LogP contribution < -0.4 is 5.32 Å². The lowest BCUT2D eigenvalue weighted by molar-refractivity contribution is -0.137. The van der Waals surface area contributed by atoms with Gasteiger partial charge in [0.15, 0.2) is 0 Å². The van der Waals surface area contributed by atoms with Crippen molar-refractivity contribution < 1.29 is 17.9 Å². The Hall–Kier alpha value is -2.01. The number of benzene rings is 2. The van der Waals surface area contributed by atoms with Crippen LogP contribution in [0.15, 0.2) is 48.5 Å². The molecule has 0 aromatic heterocycles. The predicted molar refractivity (Wildman–Crippen MR) is 73.9 cm³/mol. The molecule has 0 spiro atoms. The molecular weight excluding hydrogens is 279 g/mol. The normalized spacial score (nSPS) is 18.1. The van der Waals surface area contributed by atoms with Gasteiger partial charge >= 0.3 is 6.18 Å². The van der Waals surface area contributed by atoms with Crippen LogP contribution in [-0.4, -0.2) is 6.61 Å². The zero-order chi connectivity index (χ0) is 14.9. The summed E-state index contributed by atoms with van der Waals surface area (Å²) in [4.78, 5) is 0. The molecule has 3 rings (SSSR count). The van der Waals surface area contributed by atoms with Gasteiger partial charge in [0.1, 0.15) is 0 Å². The van der Waals surface area contributed by atoms with Crippen molar-refractivity contribution in [3.63, 3.8) is 0 Å². The van der Waals surface area contributed by atoms with Crippen LogP contribution in [0, 0.1) is 0 Å². The fourth-order valence-electron chi connectivity index (χ4n) is 2.46. The van der Waals surface area contributed by atoms with Crippen LogP contribution in [0.4, 0.5) is 18.9 Å². The maximum absolute atomic E-state index is 12.5. The maximum atomic E-state index is 12.5. The molecule has 21 heavy (non-hydrogen) atoms. The molecule has 0 amide bonds. The molecule has 110 valence electrons. The molecule has 0 saturated heterocycles. The summed E-state index contributed by atoms with van der Waals surface area (Å²) in [6.45, 7) is 1.07. The molecule has 0 aliphatic carbocycles.